The van der Waals surface area contributed by atoms with Crippen LogP contribution in [0.1, 0.15) is 13.8 Å². The monoisotopic (exact) mass is 131 g/mol. The van der Waals surface area contributed by atoms with Crippen LogP contribution < -0.4 is 0 Å². The van der Waals surface area contributed by atoms with Gasteiger partial charge in [0.15, 0.2) is 0 Å². The van der Waals surface area contributed by atoms with Crippen molar-refractivity contribution in [1.29, 1.82) is 0 Å². The minimum atomic E-state index is -0.650. The molecule has 54 valence electrons. The lowest BCUT2D eigenvalue weighted by molar-refractivity contribution is -0.127. The molecule has 0 saturated heterocycles. The van der Waals surface area contributed by atoms with E-state index in [1.54, 1.807) is 7.05 Å². The van der Waals surface area contributed by atoms with Crippen molar-refractivity contribution in [2.45, 2.75) is 20.1 Å². The minimum Gasteiger partial charge on any atom is -0.373 e. The maximum atomic E-state index is 10.0. The van der Waals surface area contributed by atoms with Gasteiger partial charge in [-0.05, 0) is 5.92 Å². The third kappa shape index (κ3) is 2.46. The fraction of sp³-hybridized carbons (Fsp3) is 0.833. The van der Waals surface area contributed by atoms with E-state index < -0.39 is 6.23 Å². The second-order valence-corrected chi connectivity index (χ2v) is 2.43. The van der Waals surface area contributed by atoms with Gasteiger partial charge in [0.05, 0.1) is 0 Å². The second kappa shape index (κ2) is 3.45. The number of amides is 1. The highest BCUT2D eigenvalue weighted by molar-refractivity contribution is 5.46. The van der Waals surface area contributed by atoms with E-state index in [0.29, 0.717) is 6.41 Å². The fourth-order valence-electron chi connectivity index (χ4n) is 0.533. The van der Waals surface area contributed by atoms with E-state index in [0.717, 1.165) is 0 Å². The van der Waals surface area contributed by atoms with E-state index in [1.165, 1.54) is 4.90 Å². The zero-order chi connectivity index (χ0) is 7.44. The van der Waals surface area contributed by atoms with Crippen LogP contribution in [0.2, 0.25) is 0 Å². The normalized spacial score (nSPS) is 13.4. The van der Waals surface area contributed by atoms with Crippen molar-refractivity contribution in [3.63, 3.8) is 0 Å². The number of hydrogen-bond donors (Lipinski definition) is 1. The average molecular weight is 131 g/mol. The van der Waals surface area contributed by atoms with Crippen molar-refractivity contribution < 1.29 is 9.90 Å². The molecule has 0 saturated carbocycles. The molecular weight excluding hydrogens is 118 g/mol. The summed E-state index contributed by atoms with van der Waals surface area (Å²) >= 11 is 0. The first-order valence-corrected chi connectivity index (χ1v) is 2.95. The highest BCUT2D eigenvalue weighted by Crippen LogP contribution is 2.02. The van der Waals surface area contributed by atoms with Crippen LogP contribution in [0, 0.1) is 5.92 Å². The smallest absolute Gasteiger partial charge is 0.211 e. The van der Waals surface area contributed by atoms with Crippen LogP contribution in [-0.2, 0) is 4.79 Å². The summed E-state index contributed by atoms with van der Waals surface area (Å²) < 4.78 is 0. The molecular formula is C6H13NO2. The Morgan fingerprint density at radius 3 is 2.11 bits per heavy atom. The lowest BCUT2D eigenvalue weighted by atomic mass is 10.2. The second-order valence-electron chi connectivity index (χ2n) is 2.43. The van der Waals surface area contributed by atoms with Crippen molar-refractivity contribution in [3.8, 4) is 0 Å². The Morgan fingerprint density at radius 1 is 1.56 bits per heavy atom. The van der Waals surface area contributed by atoms with E-state index in [2.05, 4.69) is 0 Å². The predicted molar refractivity (Wildman–Crippen MR) is 34.7 cm³/mol. The van der Waals surface area contributed by atoms with Crippen LogP contribution >= 0.6 is 0 Å². The molecule has 0 rings (SSSR count). The molecule has 1 unspecified atom stereocenters. The quantitative estimate of drug-likeness (QED) is 0.434. The molecule has 0 fully saturated rings. The van der Waals surface area contributed by atoms with Gasteiger partial charge in [-0.15, -0.1) is 0 Å². The maximum Gasteiger partial charge on any atom is 0.211 e. The van der Waals surface area contributed by atoms with Gasteiger partial charge < -0.3 is 10.0 Å². The molecule has 1 N–H and O–H groups in total. The Kier molecular flexibility index (Phi) is 3.24. The summed E-state index contributed by atoms with van der Waals surface area (Å²) in [5, 5.41) is 9.09. The van der Waals surface area contributed by atoms with E-state index in [4.69, 9.17) is 5.11 Å². The standard InChI is InChI=1S/C6H13NO2/c1-5(2)6(9)7(3)4-8/h4-6,9H,1-3H3. The molecule has 0 aromatic rings. The molecule has 0 bridgehead atoms. The van der Waals surface area contributed by atoms with E-state index in [1.807, 2.05) is 13.8 Å². The van der Waals surface area contributed by atoms with Gasteiger partial charge in [-0.25, -0.2) is 0 Å². The number of aliphatic hydroxyl groups is 1. The van der Waals surface area contributed by atoms with E-state index in [9.17, 15) is 4.79 Å². The van der Waals surface area contributed by atoms with Gasteiger partial charge in [-0.2, -0.15) is 0 Å². The Hall–Kier alpha value is -0.570. The Morgan fingerprint density at radius 2 is 2.00 bits per heavy atom. The topological polar surface area (TPSA) is 40.5 Å². The first-order valence-electron chi connectivity index (χ1n) is 2.95. The summed E-state index contributed by atoms with van der Waals surface area (Å²) in [6, 6.07) is 0. The van der Waals surface area contributed by atoms with Crippen molar-refractivity contribution >= 4 is 6.41 Å². The zero-order valence-corrected chi connectivity index (χ0v) is 6.03. The molecule has 0 aliphatic heterocycles. The predicted octanol–water partition coefficient (Wildman–Crippen LogP) is 0.0490. The van der Waals surface area contributed by atoms with Gasteiger partial charge in [0, 0.05) is 7.05 Å². The van der Waals surface area contributed by atoms with E-state index >= 15 is 0 Å². The fourth-order valence-corrected chi connectivity index (χ4v) is 0.533. The van der Waals surface area contributed by atoms with Crippen molar-refractivity contribution in [2.75, 3.05) is 7.05 Å². The Labute approximate surface area is 55.3 Å². The van der Waals surface area contributed by atoms with Crippen LogP contribution in [-0.4, -0.2) is 29.7 Å². The summed E-state index contributed by atoms with van der Waals surface area (Å²) in [6.45, 7) is 3.70. The third-order valence-electron chi connectivity index (χ3n) is 1.18. The average Bonchev–Trinajstić information content (AvgIpc) is 1.84. The first kappa shape index (κ1) is 8.43. The summed E-state index contributed by atoms with van der Waals surface area (Å²) in [4.78, 5) is 11.3. The van der Waals surface area contributed by atoms with Gasteiger partial charge in [-0.3, -0.25) is 4.79 Å². The number of nitrogens with zero attached hydrogens (tertiary/aromatic N) is 1. The van der Waals surface area contributed by atoms with Gasteiger partial charge in [0.2, 0.25) is 6.41 Å². The van der Waals surface area contributed by atoms with E-state index in [-0.39, 0.29) is 5.92 Å². The van der Waals surface area contributed by atoms with Crippen LogP contribution in [0.25, 0.3) is 0 Å². The van der Waals surface area contributed by atoms with Gasteiger partial charge >= 0.3 is 0 Å². The molecule has 0 aliphatic carbocycles. The summed E-state index contributed by atoms with van der Waals surface area (Å²) in [5.74, 6) is 0.0974. The Bertz CT molecular complexity index is 93.1. The molecule has 0 aromatic carbocycles. The number of rotatable bonds is 3. The molecule has 1 atom stereocenters. The van der Waals surface area contributed by atoms with Gasteiger partial charge in [0.1, 0.15) is 6.23 Å². The number of carbonyl (C=O) groups excluding carboxylic acids is 1. The van der Waals surface area contributed by atoms with Crippen molar-refractivity contribution in [3.05, 3.63) is 0 Å². The van der Waals surface area contributed by atoms with Crippen LogP contribution in [0.5, 0.6) is 0 Å². The highest BCUT2D eigenvalue weighted by atomic mass is 16.3. The summed E-state index contributed by atoms with van der Waals surface area (Å²) in [7, 11) is 1.55. The molecule has 3 heteroatoms. The molecule has 9 heavy (non-hydrogen) atoms. The minimum absolute atomic E-state index is 0.0974. The summed E-state index contributed by atoms with van der Waals surface area (Å²) in [6.07, 6.45) is -0.0347. The number of aliphatic hydroxyl groups excluding tert-OH is 1. The lowest BCUT2D eigenvalue weighted by Crippen LogP contribution is -2.34. The molecule has 3 nitrogen and oxygen atoms in total. The van der Waals surface area contributed by atoms with Crippen LogP contribution in [0.4, 0.5) is 0 Å². The number of hydrogen-bond acceptors (Lipinski definition) is 2. The lowest BCUT2D eigenvalue weighted by Gasteiger charge is -2.21. The summed E-state index contributed by atoms with van der Waals surface area (Å²) in [5.41, 5.74) is 0. The maximum absolute atomic E-state index is 10.0. The van der Waals surface area contributed by atoms with Crippen molar-refractivity contribution in [1.82, 2.24) is 4.90 Å². The first-order chi connectivity index (χ1) is 4.09. The zero-order valence-electron chi connectivity index (χ0n) is 6.03. The third-order valence-corrected chi connectivity index (χ3v) is 1.18. The van der Waals surface area contributed by atoms with Gasteiger partial charge in [0.25, 0.3) is 0 Å². The van der Waals surface area contributed by atoms with Crippen molar-refractivity contribution in [2.24, 2.45) is 5.92 Å². The molecule has 0 aromatic heterocycles. The Balaban J connectivity index is 3.71. The highest BCUT2D eigenvalue weighted by Gasteiger charge is 2.11. The molecule has 1 amide bonds. The molecule has 0 heterocycles. The van der Waals surface area contributed by atoms with Crippen LogP contribution in [0.15, 0.2) is 0 Å². The van der Waals surface area contributed by atoms with Crippen LogP contribution in [0.3, 0.4) is 0 Å². The number of carbonyl (C=O) groups is 1. The molecule has 0 aliphatic rings. The largest absolute Gasteiger partial charge is 0.373 e. The van der Waals surface area contributed by atoms with Gasteiger partial charge in [-0.1, -0.05) is 13.8 Å². The SMILES string of the molecule is CC(C)C(O)N(C)C=O. The molecule has 0 spiro atoms. The molecule has 0 radical (unpaired) electrons.